The lowest BCUT2D eigenvalue weighted by Gasteiger charge is -2.21. The van der Waals surface area contributed by atoms with Crippen LogP contribution in [0.25, 0.3) is 0 Å². The molecule has 0 aromatic carbocycles. The lowest BCUT2D eigenvalue weighted by Crippen LogP contribution is -2.30. The van der Waals surface area contributed by atoms with Gasteiger partial charge in [-0.1, -0.05) is 13.0 Å². The largest absolute Gasteiger partial charge is 0.328 e. The van der Waals surface area contributed by atoms with Crippen molar-refractivity contribution in [1.29, 1.82) is 0 Å². The van der Waals surface area contributed by atoms with Gasteiger partial charge in [-0.3, -0.25) is 9.78 Å². The predicted octanol–water partition coefficient (Wildman–Crippen LogP) is 3.65. The third-order valence-electron chi connectivity index (χ3n) is 3.78. The summed E-state index contributed by atoms with van der Waals surface area (Å²) in [4.78, 5) is 30.0. The first-order chi connectivity index (χ1) is 12.2. The molecular formula is C19H20N4OS. The second kappa shape index (κ2) is 7.98. The van der Waals surface area contributed by atoms with E-state index in [2.05, 4.69) is 34.0 Å². The highest BCUT2D eigenvalue weighted by atomic mass is 32.1. The van der Waals surface area contributed by atoms with E-state index in [-0.39, 0.29) is 5.91 Å². The lowest BCUT2D eigenvalue weighted by atomic mass is 10.2. The van der Waals surface area contributed by atoms with Crippen molar-refractivity contribution in [2.45, 2.75) is 33.4 Å². The van der Waals surface area contributed by atoms with Crippen LogP contribution in [0.4, 0.5) is 0 Å². The average Bonchev–Trinajstić information content (AvgIpc) is 3.06. The molecule has 0 unspecified atom stereocenters. The van der Waals surface area contributed by atoms with Crippen molar-refractivity contribution >= 4 is 17.2 Å². The highest BCUT2D eigenvalue weighted by Crippen LogP contribution is 2.19. The van der Waals surface area contributed by atoms with E-state index in [0.29, 0.717) is 18.7 Å². The summed E-state index contributed by atoms with van der Waals surface area (Å²) in [5.74, 6) is 0.654. The normalized spacial score (nSPS) is 10.6. The molecule has 6 heteroatoms. The third-order valence-corrected chi connectivity index (χ3v) is 4.76. The van der Waals surface area contributed by atoms with Crippen LogP contribution >= 0.6 is 11.3 Å². The first kappa shape index (κ1) is 17.2. The minimum atomic E-state index is -0.0839. The van der Waals surface area contributed by atoms with E-state index in [1.54, 1.807) is 34.8 Å². The fourth-order valence-corrected chi connectivity index (χ4v) is 3.38. The maximum atomic E-state index is 13.0. The number of nitrogens with zero attached hydrogens (tertiary/aromatic N) is 4. The Morgan fingerprint density at radius 2 is 1.88 bits per heavy atom. The molecule has 0 fully saturated rings. The minimum Gasteiger partial charge on any atom is -0.328 e. The van der Waals surface area contributed by atoms with Gasteiger partial charge in [-0.05, 0) is 31.2 Å². The van der Waals surface area contributed by atoms with Crippen molar-refractivity contribution in [3.8, 4) is 0 Å². The summed E-state index contributed by atoms with van der Waals surface area (Å²) in [6.07, 6.45) is 5.71. The summed E-state index contributed by atoms with van der Waals surface area (Å²) < 4.78 is 0. The molecule has 0 aliphatic heterocycles. The van der Waals surface area contributed by atoms with Crippen LogP contribution in [0.15, 0.2) is 48.9 Å². The van der Waals surface area contributed by atoms with Gasteiger partial charge in [0.25, 0.3) is 5.91 Å². The molecule has 3 aromatic heterocycles. The zero-order valence-electron chi connectivity index (χ0n) is 14.3. The first-order valence-electron chi connectivity index (χ1n) is 8.21. The molecule has 0 radical (unpaired) electrons. The number of hydrogen-bond donors (Lipinski definition) is 0. The van der Waals surface area contributed by atoms with Crippen molar-refractivity contribution < 1.29 is 4.79 Å². The molecule has 0 aliphatic rings. The molecule has 1 amide bonds. The number of thiophene rings is 1. The van der Waals surface area contributed by atoms with Crippen LogP contribution in [-0.2, 0) is 19.5 Å². The molecule has 0 saturated heterocycles. The van der Waals surface area contributed by atoms with Crippen LogP contribution in [0.3, 0.4) is 0 Å². The number of carbonyl (C=O) groups excluding carboxylic acids is 1. The number of carbonyl (C=O) groups is 1. The summed E-state index contributed by atoms with van der Waals surface area (Å²) >= 11 is 1.70. The van der Waals surface area contributed by atoms with Crippen LogP contribution in [0, 0.1) is 6.92 Å². The molecule has 3 aromatic rings. The maximum Gasteiger partial charge on any atom is 0.257 e. The van der Waals surface area contributed by atoms with E-state index in [0.717, 1.165) is 22.8 Å². The van der Waals surface area contributed by atoms with Gasteiger partial charge >= 0.3 is 0 Å². The molecule has 0 aliphatic carbocycles. The van der Waals surface area contributed by atoms with Crippen molar-refractivity contribution in [3.63, 3.8) is 0 Å². The van der Waals surface area contributed by atoms with Crippen molar-refractivity contribution in [2.75, 3.05) is 0 Å². The molecule has 0 saturated carbocycles. The van der Waals surface area contributed by atoms with Gasteiger partial charge in [0.05, 0.1) is 24.3 Å². The fourth-order valence-electron chi connectivity index (χ4n) is 2.48. The molecule has 0 bridgehead atoms. The van der Waals surface area contributed by atoms with Crippen molar-refractivity contribution in [1.82, 2.24) is 19.9 Å². The van der Waals surface area contributed by atoms with E-state index >= 15 is 0 Å². The van der Waals surface area contributed by atoms with E-state index in [4.69, 9.17) is 0 Å². The maximum absolute atomic E-state index is 13.0. The summed E-state index contributed by atoms with van der Waals surface area (Å²) in [5, 5.41) is 0. The molecule has 25 heavy (non-hydrogen) atoms. The molecule has 5 nitrogen and oxygen atoms in total. The first-order valence-corrected chi connectivity index (χ1v) is 9.02. The number of pyridine rings is 1. The van der Waals surface area contributed by atoms with Gasteiger partial charge in [-0.15, -0.1) is 11.3 Å². The summed E-state index contributed by atoms with van der Waals surface area (Å²) in [7, 11) is 0. The Kier molecular flexibility index (Phi) is 5.50. The summed E-state index contributed by atoms with van der Waals surface area (Å²) in [5.41, 5.74) is 1.36. The standard InChI is InChI=1S/C19H20N4OS/c1-3-18-21-10-15(11-22-18)19(24)23(12-16-6-4-5-9-20-16)13-17-8-7-14(2)25-17/h4-11H,3,12-13H2,1-2H3. The SMILES string of the molecule is CCc1ncc(C(=O)N(Cc2ccccn2)Cc2ccc(C)s2)cn1. The lowest BCUT2D eigenvalue weighted by molar-refractivity contribution is 0.0728. The van der Waals surface area contributed by atoms with Crippen LogP contribution < -0.4 is 0 Å². The minimum absolute atomic E-state index is 0.0839. The number of rotatable bonds is 6. The number of hydrogen-bond acceptors (Lipinski definition) is 5. The average molecular weight is 352 g/mol. The molecule has 3 rings (SSSR count). The second-order valence-electron chi connectivity index (χ2n) is 5.74. The van der Waals surface area contributed by atoms with Gasteiger partial charge in [0.15, 0.2) is 0 Å². The number of aromatic nitrogens is 3. The highest BCUT2D eigenvalue weighted by molar-refractivity contribution is 7.11. The van der Waals surface area contributed by atoms with E-state index in [9.17, 15) is 4.79 Å². The van der Waals surface area contributed by atoms with Gasteiger partial charge in [0.2, 0.25) is 0 Å². The van der Waals surface area contributed by atoms with Crippen LogP contribution in [0.1, 0.15) is 38.6 Å². The highest BCUT2D eigenvalue weighted by Gasteiger charge is 2.18. The Bertz CT molecular complexity index is 830. The zero-order valence-corrected chi connectivity index (χ0v) is 15.2. The number of aryl methyl sites for hydroxylation is 2. The summed E-state index contributed by atoms with van der Waals surface area (Å²) in [6.45, 7) is 5.05. The quantitative estimate of drug-likeness (QED) is 0.679. The van der Waals surface area contributed by atoms with Gasteiger partial charge < -0.3 is 4.90 Å². The van der Waals surface area contributed by atoms with Gasteiger partial charge in [0.1, 0.15) is 5.82 Å². The molecular weight excluding hydrogens is 332 g/mol. The van der Waals surface area contributed by atoms with Crippen LogP contribution in [0.5, 0.6) is 0 Å². The predicted molar refractivity (Wildman–Crippen MR) is 98.3 cm³/mol. The smallest absolute Gasteiger partial charge is 0.257 e. The molecule has 0 N–H and O–H groups in total. The van der Waals surface area contributed by atoms with E-state index < -0.39 is 0 Å². The second-order valence-corrected chi connectivity index (χ2v) is 7.11. The monoisotopic (exact) mass is 352 g/mol. The van der Waals surface area contributed by atoms with Gasteiger partial charge in [-0.25, -0.2) is 9.97 Å². The zero-order chi connectivity index (χ0) is 17.6. The van der Waals surface area contributed by atoms with Gasteiger partial charge in [0, 0.05) is 34.8 Å². The molecule has 0 atom stereocenters. The van der Waals surface area contributed by atoms with Crippen LogP contribution in [0.2, 0.25) is 0 Å². The van der Waals surface area contributed by atoms with Crippen molar-refractivity contribution in [3.05, 3.63) is 75.8 Å². The Hall–Kier alpha value is -2.60. The Morgan fingerprint density at radius 1 is 1.08 bits per heavy atom. The molecule has 3 heterocycles. The van der Waals surface area contributed by atoms with Gasteiger partial charge in [-0.2, -0.15) is 0 Å². The van der Waals surface area contributed by atoms with E-state index in [1.807, 2.05) is 25.1 Å². The Labute approximate surface area is 151 Å². The number of amides is 1. The van der Waals surface area contributed by atoms with Crippen molar-refractivity contribution in [2.24, 2.45) is 0 Å². The fraction of sp³-hybridized carbons (Fsp3) is 0.263. The molecule has 128 valence electrons. The van der Waals surface area contributed by atoms with E-state index in [1.165, 1.54) is 4.88 Å². The molecule has 0 spiro atoms. The Balaban J connectivity index is 1.84. The topological polar surface area (TPSA) is 59.0 Å². The Morgan fingerprint density at radius 3 is 2.48 bits per heavy atom. The van der Waals surface area contributed by atoms with Crippen LogP contribution in [-0.4, -0.2) is 25.8 Å². The summed E-state index contributed by atoms with van der Waals surface area (Å²) in [6, 6.07) is 9.86. The third kappa shape index (κ3) is 4.48.